The molecule has 7 heteroatoms. The summed E-state index contributed by atoms with van der Waals surface area (Å²) in [5, 5.41) is 0. The van der Waals surface area contributed by atoms with Gasteiger partial charge in [0.25, 0.3) is 5.91 Å². The number of imidazole rings is 1. The first-order chi connectivity index (χ1) is 11.6. The molecule has 4 rings (SSSR count). The van der Waals surface area contributed by atoms with E-state index in [-0.39, 0.29) is 17.6 Å². The van der Waals surface area contributed by atoms with Crippen molar-refractivity contribution in [2.24, 2.45) is 7.05 Å². The van der Waals surface area contributed by atoms with E-state index in [0.717, 1.165) is 18.6 Å². The van der Waals surface area contributed by atoms with E-state index in [2.05, 4.69) is 9.97 Å². The summed E-state index contributed by atoms with van der Waals surface area (Å²) in [6, 6.07) is 3.74. The van der Waals surface area contributed by atoms with Crippen LogP contribution < -0.4 is 4.74 Å². The van der Waals surface area contributed by atoms with Crippen molar-refractivity contribution in [3.63, 3.8) is 0 Å². The normalized spacial score (nSPS) is 26.2. The molecule has 1 spiro atoms. The highest BCUT2D eigenvalue weighted by molar-refractivity contribution is 5.92. The van der Waals surface area contributed by atoms with Crippen LogP contribution in [0.1, 0.15) is 23.3 Å². The third kappa shape index (κ3) is 2.87. The molecule has 2 aromatic heterocycles. The Balaban J connectivity index is 1.38. The second kappa shape index (κ2) is 5.90. The first-order valence-electron chi connectivity index (χ1n) is 8.11. The van der Waals surface area contributed by atoms with Crippen molar-refractivity contribution in [1.82, 2.24) is 19.4 Å². The minimum absolute atomic E-state index is 0.000831. The number of hydrogen-bond donors (Lipinski definition) is 0. The lowest BCUT2D eigenvalue weighted by molar-refractivity contribution is 0.00989. The second-order valence-corrected chi connectivity index (χ2v) is 6.53. The number of aromatic nitrogens is 3. The molecule has 0 bridgehead atoms. The lowest BCUT2D eigenvalue weighted by Gasteiger charge is -2.23. The zero-order valence-electron chi connectivity index (χ0n) is 13.6. The predicted octanol–water partition coefficient (Wildman–Crippen LogP) is 1.27. The van der Waals surface area contributed by atoms with Crippen LogP contribution in [0.25, 0.3) is 0 Å². The highest BCUT2D eigenvalue weighted by Crippen LogP contribution is 2.36. The fourth-order valence-electron chi connectivity index (χ4n) is 3.48. The maximum absolute atomic E-state index is 12.5. The van der Waals surface area contributed by atoms with Gasteiger partial charge in [0.15, 0.2) is 0 Å². The van der Waals surface area contributed by atoms with E-state index in [0.29, 0.717) is 25.4 Å². The lowest BCUT2D eigenvalue weighted by Crippen LogP contribution is -2.36. The van der Waals surface area contributed by atoms with Gasteiger partial charge < -0.3 is 18.9 Å². The van der Waals surface area contributed by atoms with Crippen molar-refractivity contribution in [2.75, 3.05) is 19.7 Å². The van der Waals surface area contributed by atoms with Crippen LogP contribution in [0.4, 0.5) is 0 Å². The van der Waals surface area contributed by atoms with Crippen molar-refractivity contribution >= 4 is 5.91 Å². The average Bonchev–Trinajstić information content (AvgIpc) is 3.30. The van der Waals surface area contributed by atoms with Crippen LogP contribution in [-0.2, 0) is 11.8 Å². The summed E-state index contributed by atoms with van der Waals surface area (Å²) in [7, 11) is 1.86. The van der Waals surface area contributed by atoms with Crippen molar-refractivity contribution in [3.05, 3.63) is 42.7 Å². The quantitative estimate of drug-likeness (QED) is 0.849. The molecule has 2 fully saturated rings. The van der Waals surface area contributed by atoms with Gasteiger partial charge in [0.05, 0.1) is 31.3 Å². The summed E-state index contributed by atoms with van der Waals surface area (Å²) >= 11 is 0. The van der Waals surface area contributed by atoms with Gasteiger partial charge in [0.1, 0.15) is 17.5 Å². The SMILES string of the molecule is Cn1cnc(C(=O)N2CCC3(CC(Oc4cccnc4)CO3)C2)c1. The van der Waals surface area contributed by atoms with Crippen LogP contribution in [0.3, 0.4) is 0 Å². The van der Waals surface area contributed by atoms with E-state index in [9.17, 15) is 4.79 Å². The molecule has 24 heavy (non-hydrogen) atoms. The fraction of sp³-hybridized carbons (Fsp3) is 0.471. The first kappa shape index (κ1) is 15.1. The summed E-state index contributed by atoms with van der Waals surface area (Å²) < 4.78 is 13.8. The molecule has 2 unspecified atom stereocenters. The summed E-state index contributed by atoms with van der Waals surface area (Å²) in [4.78, 5) is 22.6. The Morgan fingerprint density at radius 2 is 2.42 bits per heavy atom. The van der Waals surface area contributed by atoms with Gasteiger partial charge in [-0.05, 0) is 18.6 Å². The molecule has 7 nitrogen and oxygen atoms in total. The van der Waals surface area contributed by atoms with Crippen LogP contribution >= 0.6 is 0 Å². The topological polar surface area (TPSA) is 69.5 Å². The van der Waals surface area contributed by atoms with Gasteiger partial charge in [0.2, 0.25) is 0 Å². The number of carbonyl (C=O) groups excluding carboxylic acids is 1. The molecule has 2 aliphatic heterocycles. The fourth-order valence-corrected chi connectivity index (χ4v) is 3.48. The third-order valence-corrected chi connectivity index (χ3v) is 4.64. The number of hydrogen-bond acceptors (Lipinski definition) is 5. The maximum atomic E-state index is 12.5. The molecule has 126 valence electrons. The molecule has 4 heterocycles. The Hall–Kier alpha value is -2.41. The minimum atomic E-state index is -0.294. The zero-order chi connectivity index (χ0) is 16.6. The van der Waals surface area contributed by atoms with Gasteiger partial charge in [-0.1, -0.05) is 0 Å². The van der Waals surface area contributed by atoms with Gasteiger partial charge in [-0.3, -0.25) is 9.78 Å². The molecule has 2 aromatic rings. The Bertz CT molecular complexity index is 732. The summed E-state index contributed by atoms with van der Waals surface area (Å²) in [5.74, 6) is 0.718. The maximum Gasteiger partial charge on any atom is 0.274 e. The highest BCUT2D eigenvalue weighted by atomic mass is 16.6. The van der Waals surface area contributed by atoms with Crippen LogP contribution in [0.15, 0.2) is 37.1 Å². The molecule has 1 amide bonds. The number of aryl methyl sites for hydroxylation is 1. The minimum Gasteiger partial charge on any atom is -0.486 e. The molecule has 0 N–H and O–H groups in total. The lowest BCUT2D eigenvalue weighted by atomic mass is 9.98. The van der Waals surface area contributed by atoms with Gasteiger partial charge in [0, 0.05) is 32.4 Å². The zero-order valence-corrected chi connectivity index (χ0v) is 13.6. The van der Waals surface area contributed by atoms with E-state index in [1.54, 1.807) is 29.5 Å². The molecular formula is C17H20N4O3. The number of ether oxygens (including phenoxy) is 2. The smallest absolute Gasteiger partial charge is 0.274 e. The van der Waals surface area contributed by atoms with Gasteiger partial charge >= 0.3 is 0 Å². The van der Waals surface area contributed by atoms with E-state index in [4.69, 9.17) is 9.47 Å². The number of amides is 1. The van der Waals surface area contributed by atoms with Crippen LogP contribution in [0, 0.1) is 0 Å². The Morgan fingerprint density at radius 1 is 1.50 bits per heavy atom. The van der Waals surface area contributed by atoms with Crippen molar-refractivity contribution in [1.29, 1.82) is 0 Å². The summed E-state index contributed by atoms with van der Waals surface area (Å²) in [5.41, 5.74) is 0.188. The van der Waals surface area contributed by atoms with E-state index in [1.165, 1.54) is 0 Å². The van der Waals surface area contributed by atoms with Crippen LogP contribution in [-0.4, -0.2) is 56.7 Å². The van der Waals surface area contributed by atoms with Crippen molar-refractivity contribution in [2.45, 2.75) is 24.5 Å². The molecular weight excluding hydrogens is 308 g/mol. The molecule has 0 aliphatic carbocycles. The Kier molecular flexibility index (Phi) is 3.72. The predicted molar refractivity (Wildman–Crippen MR) is 85.7 cm³/mol. The van der Waals surface area contributed by atoms with Gasteiger partial charge in [-0.15, -0.1) is 0 Å². The van der Waals surface area contributed by atoms with Crippen LogP contribution in [0.5, 0.6) is 5.75 Å². The highest BCUT2D eigenvalue weighted by Gasteiger charge is 2.47. The standard InChI is InChI=1S/C17H20N4O3/c1-20-9-15(19-12-20)16(22)21-6-4-17(11-21)7-14(10-23-17)24-13-3-2-5-18-8-13/h2-3,5,8-9,12,14H,4,6-7,10-11H2,1H3. The summed E-state index contributed by atoms with van der Waals surface area (Å²) in [6.07, 6.45) is 8.43. The number of likely N-dealkylation sites (tertiary alicyclic amines) is 1. The second-order valence-electron chi connectivity index (χ2n) is 6.53. The molecule has 2 atom stereocenters. The largest absolute Gasteiger partial charge is 0.486 e. The molecule has 2 saturated heterocycles. The van der Waals surface area contributed by atoms with E-state index in [1.807, 2.05) is 24.1 Å². The summed E-state index contributed by atoms with van der Waals surface area (Å²) in [6.45, 7) is 1.82. The number of carbonyl (C=O) groups is 1. The van der Waals surface area contributed by atoms with Crippen molar-refractivity contribution < 1.29 is 14.3 Å². The number of nitrogens with zero attached hydrogens (tertiary/aromatic N) is 4. The molecule has 2 aliphatic rings. The molecule has 0 radical (unpaired) electrons. The van der Waals surface area contributed by atoms with Gasteiger partial charge in [-0.25, -0.2) is 4.98 Å². The van der Waals surface area contributed by atoms with E-state index >= 15 is 0 Å². The number of rotatable bonds is 3. The van der Waals surface area contributed by atoms with Gasteiger partial charge in [-0.2, -0.15) is 0 Å². The molecule has 0 aromatic carbocycles. The first-order valence-corrected chi connectivity index (χ1v) is 8.11. The monoisotopic (exact) mass is 328 g/mol. The average molecular weight is 328 g/mol. The van der Waals surface area contributed by atoms with Crippen molar-refractivity contribution in [3.8, 4) is 5.75 Å². The van der Waals surface area contributed by atoms with Crippen LogP contribution in [0.2, 0.25) is 0 Å². The Morgan fingerprint density at radius 3 is 3.17 bits per heavy atom. The third-order valence-electron chi connectivity index (χ3n) is 4.64. The number of pyridine rings is 1. The Labute approximate surface area is 140 Å². The molecule has 0 saturated carbocycles. The van der Waals surface area contributed by atoms with E-state index < -0.39 is 0 Å².